The molecule has 3 N–H and O–H groups in total. The summed E-state index contributed by atoms with van der Waals surface area (Å²) in [6.07, 6.45) is 2.33. The Morgan fingerprint density at radius 1 is 1.04 bits per heavy atom. The lowest BCUT2D eigenvalue weighted by Gasteiger charge is -2.27. The van der Waals surface area contributed by atoms with Gasteiger partial charge in [0.25, 0.3) is 0 Å². The van der Waals surface area contributed by atoms with Crippen LogP contribution in [0.1, 0.15) is 44.6 Å². The summed E-state index contributed by atoms with van der Waals surface area (Å²) < 4.78 is 5.14. The SMILES string of the molecule is CC(C)(C)CC(NC(=O)NCC(=O)NCc1ccco1)c1ccccc1. The molecular formula is C20H27N3O3. The standard InChI is InChI=1S/C20H27N3O3/c1-20(2,3)12-17(15-8-5-4-6-9-15)23-19(25)22-14-18(24)21-13-16-10-7-11-26-16/h4-11,17H,12-14H2,1-3H3,(H,21,24)(H2,22,23,25). The van der Waals surface area contributed by atoms with Crippen LogP contribution in [-0.2, 0) is 11.3 Å². The molecule has 26 heavy (non-hydrogen) atoms. The van der Waals surface area contributed by atoms with Crippen molar-refractivity contribution in [2.24, 2.45) is 5.41 Å². The fraction of sp³-hybridized carbons (Fsp3) is 0.400. The fourth-order valence-electron chi connectivity index (χ4n) is 2.58. The number of hydrogen-bond donors (Lipinski definition) is 3. The van der Waals surface area contributed by atoms with Crippen LogP contribution in [0.5, 0.6) is 0 Å². The Bertz CT molecular complexity index is 691. The molecule has 0 aliphatic heterocycles. The van der Waals surface area contributed by atoms with Crippen LogP contribution < -0.4 is 16.0 Å². The van der Waals surface area contributed by atoms with Gasteiger partial charge in [0.15, 0.2) is 0 Å². The summed E-state index contributed by atoms with van der Waals surface area (Å²) in [5.74, 6) is 0.390. The van der Waals surface area contributed by atoms with Crippen molar-refractivity contribution < 1.29 is 14.0 Å². The third-order valence-corrected chi connectivity index (χ3v) is 3.77. The topological polar surface area (TPSA) is 83.4 Å². The first-order valence-electron chi connectivity index (χ1n) is 8.72. The summed E-state index contributed by atoms with van der Waals surface area (Å²) in [7, 11) is 0. The Hall–Kier alpha value is -2.76. The first kappa shape index (κ1) is 19.6. The van der Waals surface area contributed by atoms with Gasteiger partial charge >= 0.3 is 6.03 Å². The Labute approximate surface area is 154 Å². The van der Waals surface area contributed by atoms with E-state index in [1.165, 1.54) is 0 Å². The second kappa shape index (κ2) is 9.08. The second-order valence-corrected chi connectivity index (χ2v) is 7.41. The number of nitrogens with one attached hydrogen (secondary N) is 3. The summed E-state index contributed by atoms with van der Waals surface area (Å²) in [6.45, 7) is 6.59. The molecule has 0 bridgehead atoms. The van der Waals surface area contributed by atoms with Gasteiger partial charge in [-0.2, -0.15) is 0 Å². The average Bonchev–Trinajstić information content (AvgIpc) is 3.11. The second-order valence-electron chi connectivity index (χ2n) is 7.41. The molecule has 1 unspecified atom stereocenters. The number of amides is 3. The number of carbonyl (C=O) groups is 2. The van der Waals surface area contributed by atoms with Crippen molar-refractivity contribution in [2.75, 3.05) is 6.54 Å². The highest BCUT2D eigenvalue weighted by atomic mass is 16.3. The van der Waals surface area contributed by atoms with Gasteiger partial charge in [0, 0.05) is 0 Å². The summed E-state index contributed by atoms with van der Waals surface area (Å²) >= 11 is 0. The molecule has 1 heterocycles. The number of carbonyl (C=O) groups excluding carboxylic acids is 2. The molecule has 3 amide bonds. The van der Waals surface area contributed by atoms with Gasteiger partial charge in [0.1, 0.15) is 5.76 Å². The van der Waals surface area contributed by atoms with Gasteiger partial charge in [0.05, 0.1) is 25.4 Å². The van der Waals surface area contributed by atoms with Crippen LogP contribution in [0.25, 0.3) is 0 Å². The van der Waals surface area contributed by atoms with E-state index in [1.54, 1.807) is 18.4 Å². The zero-order chi connectivity index (χ0) is 19.0. The smallest absolute Gasteiger partial charge is 0.315 e. The average molecular weight is 357 g/mol. The van der Waals surface area contributed by atoms with Gasteiger partial charge in [0.2, 0.25) is 5.91 Å². The van der Waals surface area contributed by atoms with Gasteiger partial charge in [-0.1, -0.05) is 51.1 Å². The molecular weight excluding hydrogens is 330 g/mol. The van der Waals surface area contributed by atoms with E-state index >= 15 is 0 Å². The maximum absolute atomic E-state index is 12.2. The summed E-state index contributed by atoms with van der Waals surface area (Å²) in [4.78, 5) is 24.1. The molecule has 1 aromatic heterocycles. The van der Waals surface area contributed by atoms with Crippen LogP contribution >= 0.6 is 0 Å². The van der Waals surface area contributed by atoms with Crippen LogP contribution in [0, 0.1) is 5.41 Å². The Balaban J connectivity index is 1.83. The van der Waals surface area contributed by atoms with Crippen LogP contribution in [-0.4, -0.2) is 18.5 Å². The fourth-order valence-corrected chi connectivity index (χ4v) is 2.58. The van der Waals surface area contributed by atoms with E-state index in [2.05, 4.69) is 36.7 Å². The maximum atomic E-state index is 12.2. The van der Waals surface area contributed by atoms with Gasteiger partial charge in [-0.05, 0) is 29.5 Å². The molecule has 0 saturated heterocycles. The molecule has 6 heteroatoms. The zero-order valence-electron chi connectivity index (χ0n) is 15.5. The first-order chi connectivity index (χ1) is 12.3. The Morgan fingerprint density at radius 2 is 1.77 bits per heavy atom. The molecule has 0 radical (unpaired) electrons. The van der Waals surface area contributed by atoms with E-state index in [4.69, 9.17) is 4.42 Å². The van der Waals surface area contributed by atoms with Gasteiger partial charge in [-0.15, -0.1) is 0 Å². The molecule has 0 aliphatic carbocycles. The lowest BCUT2D eigenvalue weighted by atomic mass is 9.85. The van der Waals surface area contributed by atoms with Crippen LogP contribution in [0.2, 0.25) is 0 Å². The third-order valence-electron chi connectivity index (χ3n) is 3.77. The number of furan rings is 1. The molecule has 6 nitrogen and oxygen atoms in total. The van der Waals surface area contributed by atoms with E-state index in [0.29, 0.717) is 12.3 Å². The molecule has 140 valence electrons. The van der Waals surface area contributed by atoms with Crippen molar-refractivity contribution in [3.05, 3.63) is 60.1 Å². The van der Waals surface area contributed by atoms with E-state index in [9.17, 15) is 9.59 Å². The Morgan fingerprint density at radius 3 is 2.38 bits per heavy atom. The molecule has 2 rings (SSSR count). The lowest BCUT2D eigenvalue weighted by Crippen LogP contribution is -2.43. The number of urea groups is 1. The quantitative estimate of drug-likeness (QED) is 0.710. The van der Waals surface area contributed by atoms with Crippen molar-refractivity contribution in [2.45, 2.75) is 39.8 Å². The molecule has 0 fully saturated rings. The van der Waals surface area contributed by atoms with Crippen molar-refractivity contribution in [1.29, 1.82) is 0 Å². The molecule has 1 aromatic carbocycles. The largest absolute Gasteiger partial charge is 0.467 e. The Kier molecular flexibility index (Phi) is 6.83. The highest BCUT2D eigenvalue weighted by Crippen LogP contribution is 2.29. The predicted molar refractivity (Wildman–Crippen MR) is 100 cm³/mol. The van der Waals surface area contributed by atoms with E-state index < -0.39 is 0 Å². The van der Waals surface area contributed by atoms with Crippen molar-refractivity contribution in [3.8, 4) is 0 Å². The van der Waals surface area contributed by atoms with Crippen LogP contribution in [0.3, 0.4) is 0 Å². The predicted octanol–water partition coefficient (Wildman–Crippen LogP) is 3.37. The first-order valence-corrected chi connectivity index (χ1v) is 8.72. The lowest BCUT2D eigenvalue weighted by molar-refractivity contribution is -0.120. The van der Waals surface area contributed by atoms with Gasteiger partial charge < -0.3 is 20.4 Å². The van der Waals surface area contributed by atoms with Crippen molar-refractivity contribution >= 4 is 11.9 Å². The monoisotopic (exact) mass is 357 g/mol. The third kappa shape index (κ3) is 7.01. The minimum absolute atomic E-state index is 0.0498. The van der Waals surface area contributed by atoms with Crippen molar-refractivity contribution in [3.63, 3.8) is 0 Å². The highest BCUT2D eigenvalue weighted by Gasteiger charge is 2.22. The van der Waals surface area contributed by atoms with Crippen molar-refractivity contribution in [1.82, 2.24) is 16.0 Å². The molecule has 0 aliphatic rings. The highest BCUT2D eigenvalue weighted by molar-refractivity contribution is 5.84. The normalized spacial score (nSPS) is 12.3. The van der Waals surface area contributed by atoms with E-state index in [1.807, 2.05) is 30.3 Å². The molecule has 0 saturated carbocycles. The zero-order valence-corrected chi connectivity index (χ0v) is 15.5. The summed E-state index contributed by atoms with van der Waals surface area (Å²) in [5.41, 5.74) is 1.09. The summed E-state index contributed by atoms with van der Waals surface area (Å²) in [6, 6.07) is 12.9. The molecule has 1 atom stereocenters. The number of hydrogen-bond acceptors (Lipinski definition) is 3. The molecule has 2 aromatic rings. The van der Waals surface area contributed by atoms with Gasteiger partial charge in [-0.3, -0.25) is 4.79 Å². The van der Waals surface area contributed by atoms with E-state index in [0.717, 1.165) is 12.0 Å². The summed E-state index contributed by atoms with van der Waals surface area (Å²) in [5, 5.41) is 8.26. The number of benzene rings is 1. The van der Waals surface area contributed by atoms with Gasteiger partial charge in [-0.25, -0.2) is 4.79 Å². The maximum Gasteiger partial charge on any atom is 0.315 e. The minimum Gasteiger partial charge on any atom is -0.467 e. The molecule has 0 spiro atoms. The minimum atomic E-state index is -0.365. The van der Waals surface area contributed by atoms with Crippen LogP contribution in [0.4, 0.5) is 4.79 Å². The van der Waals surface area contributed by atoms with Crippen LogP contribution in [0.15, 0.2) is 53.1 Å². The van der Waals surface area contributed by atoms with E-state index in [-0.39, 0.29) is 29.9 Å². The number of rotatable bonds is 7.